The molecule has 0 rings (SSSR count). The summed E-state index contributed by atoms with van der Waals surface area (Å²) in [6, 6.07) is -1.08. The summed E-state index contributed by atoms with van der Waals surface area (Å²) in [6.07, 6.45) is 1.82. The third kappa shape index (κ3) is 7.81. The largest absolute Gasteiger partial charge is 2.00 e. The number of aliphatic carboxylic acids is 1. The van der Waals surface area contributed by atoms with Gasteiger partial charge >= 0.3 is 17.1 Å². The van der Waals surface area contributed by atoms with Crippen LogP contribution < -0.4 is 10.8 Å². The zero-order valence-electron chi connectivity index (χ0n) is 6.10. The molecule has 0 aliphatic rings. The number of nitrogens with one attached hydrogen (secondary N) is 1. The Morgan fingerprint density at radius 3 is 2.45 bits per heavy atom. The first-order valence-electron chi connectivity index (χ1n) is 3.30. The van der Waals surface area contributed by atoms with Gasteiger partial charge in [-0.15, -0.1) is 0 Å². The molecule has 0 unspecified atom stereocenters. The van der Waals surface area contributed by atoms with Gasteiger partial charge in [-0.1, -0.05) is 18.9 Å². The first kappa shape index (κ1) is 13.5. The van der Waals surface area contributed by atoms with Gasteiger partial charge in [-0.3, -0.25) is 0 Å². The molecular weight excluding hydrogens is 196 g/mol. The predicted octanol–water partition coefficient (Wildman–Crippen LogP) is -0.716. The van der Waals surface area contributed by atoms with Crippen molar-refractivity contribution in [1.82, 2.24) is 0 Å². The molecule has 0 aromatic heterocycles. The van der Waals surface area contributed by atoms with Gasteiger partial charge in [0, 0.05) is 5.97 Å². The van der Waals surface area contributed by atoms with E-state index in [9.17, 15) is 9.90 Å². The molecule has 1 radical (unpaired) electrons. The minimum Gasteiger partial charge on any atom is -0.670 e. The van der Waals surface area contributed by atoms with E-state index in [1.807, 2.05) is 0 Å². The average molecular weight is 208 g/mol. The van der Waals surface area contributed by atoms with E-state index in [2.05, 4.69) is 0 Å². The molecule has 0 aromatic rings. The van der Waals surface area contributed by atoms with E-state index in [1.54, 1.807) is 0 Å². The molecule has 0 bridgehead atoms. The van der Waals surface area contributed by atoms with Gasteiger partial charge in [0.05, 0.1) is 0 Å². The molecule has 11 heavy (non-hydrogen) atoms. The Bertz CT molecular complexity index is 111. The number of hydrogen-bond acceptors (Lipinski definition) is 3. The zero-order valence-corrected chi connectivity index (χ0v) is 7.04. The maximum Gasteiger partial charge on any atom is 2.00 e. The van der Waals surface area contributed by atoms with Crippen LogP contribution in [0.2, 0.25) is 0 Å². The zero-order chi connectivity index (χ0) is 7.98. The summed E-state index contributed by atoms with van der Waals surface area (Å²) in [5, 5.41) is 9.96. The fourth-order valence-electron chi connectivity index (χ4n) is 0.611. The third-order valence-electron chi connectivity index (χ3n) is 1.23. The van der Waals surface area contributed by atoms with Crippen LogP contribution >= 0.6 is 0 Å². The van der Waals surface area contributed by atoms with Crippen molar-refractivity contribution in [2.75, 3.05) is 6.54 Å². The summed E-state index contributed by atoms with van der Waals surface area (Å²) in [6.45, 7) is 0.555. The number of carbonyl (C=O) groups excluding carboxylic acids is 1. The summed E-state index contributed by atoms with van der Waals surface area (Å²) in [5.41, 5.74) is 12.1. The van der Waals surface area contributed by atoms with Gasteiger partial charge in [0.15, 0.2) is 0 Å². The minimum atomic E-state index is -1.29. The van der Waals surface area contributed by atoms with Gasteiger partial charge in [-0.05, 0) is 13.0 Å². The molecule has 0 saturated carbocycles. The van der Waals surface area contributed by atoms with Crippen LogP contribution in [0.15, 0.2) is 0 Å². The summed E-state index contributed by atoms with van der Waals surface area (Å²) in [5.74, 6) is -1.29. The summed E-state index contributed by atoms with van der Waals surface area (Å²) >= 11 is 0. The van der Waals surface area contributed by atoms with Crippen molar-refractivity contribution >= 4 is 5.97 Å². The van der Waals surface area contributed by atoms with E-state index in [4.69, 9.17) is 11.5 Å². The summed E-state index contributed by atoms with van der Waals surface area (Å²) in [4.78, 5) is 9.96. The Morgan fingerprint density at radius 1 is 1.55 bits per heavy atom. The fraction of sp³-hybridized carbons (Fsp3) is 0.833. The Balaban J connectivity index is 0. The van der Waals surface area contributed by atoms with Crippen molar-refractivity contribution in [2.24, 2.45) is 5.73 Å². The third-order valence-corrected chi connectivity index (χ3v) is 1.23. The Morgan fingerprint density at radius 2 is 2.09 bits per heavy atom. The number of carbonyl (C=O) groups is 1. The molecule has 0 aliphatic heterocycles. The SMILES string of the molecule is [Cu+2].[NH-][C@@H](CCCCN)C(=O)[O-]. The van der Waals surface area contributed by atoms with Crippen molar-refractivity contribution in [3.8, 4) is 0 Å². The van der Waals surface area contributed by atoms with Gasteiger partial charge in [-0.25, -0.2) is 0 Å². The minimum absolute atomic E-state index is 0. The van der Waals surface area contributed by atoms with E-state index >= 15 is 0 Å². The topological polar surface area (TPSA) is 90.0 Å². The quantitative estimate of drug-likeness (QED) is 0.477. The van der Waals surface area contributed by atoms with Crippen LogP contribution in [0.4, 0.5) is 0 Å². The van der Waals surface area contributed by atoms with Crippen LogP contribution in [-0.4, -0.2) is 18.6 Å². The van der Waals surface area contributed by atoms with Crippen molar-refractivity contribution in [3.05, 3.63) is 5.73 Å². The van der Waals surface area contributed by atoms with E-state index < -0.39 is 12.0 Å². The van der Waals surface area contributed by atoms with Gasteiger partial charge in [0.1, 0.15) is 0 Å². The van der Waals surface area contributed by atoms with Crippen LogP contribution in [0.3, 0.4) is 0 Å². The summed E-state index contributed by atoms with van der Waals surface area (Å²) in [7, 11) is 0. The molecule has 0 aliphatic carbocycles. The Labute approximate surface area is 76.8 Å². The second-order valence-corrected chi connectivity index (χ2v) is 2.16. The normalized spacial score (nSPS) is 11.8. The van der Waals surface area contributed by atoms with Crippen molar-refractivity contribution in [3.63, 3.8) is 0 Å². The number of carboxylic acid groups (broad SMARTS) is 1. The molecular formula is C6H12CuN2O2. The molecule has 3 N–H and O–H groups in total. The van der Waals surface area contributed by atoms with Crippen LogP contribution in [0.1, 0.15) is 19.3 Å². The molecule has 4 nitrogen and oxygen atoms in total. The fourth-order valence-corrected chi connectivity index (χ4v) is 0.611. The molecule has 1 atom stereocenters. The van der Waals surface area contributed by atoms with Gasteiger partial charge in [0.25, 0.3) is 0 Å². The number of rotatable bonds is 5. The van der Waals surface area contributed by atoms with Gasteiger partial charge < -0.3 is 21.4 Å². The van der Waals surface area contributed by atoms with Crippen molar-refractivity contribution < 1.29 is 27.0 Å². The number of carboxylic acids is 1. The Kier molecular flexibility index (Phi) is 9.83. The van der Waals surface area contributed by atoms with E-state index in [1.165, 1.54) is 0 Å². The summed E-state index contributed by atoms with van der Waals surface area (Å²) < 4.78 is 0. The van der Waals surface area contributed by atoms with Crippen LogP contribution in [0.5, 0.6) is 0 Å². The second-order valence-electron chi connectivity index (χ2n) is 2.16. The second kappa shape index (κ2) is 8.01. The smallest absolute Gasteiger partial charge is 0.670 e. The molecule has 5 heteroatoms. The van der Waals surface area contributed by atoms with Crippen LogP contribution in [-0.2, 0) is 21.9 Å². The van der Waals surface area contributed by atoms with Gasteiger partial charge in [0.2, 0.25) is 0 Å². The molecule has 0 spiro atoms. The standard InChI is InChI=1S/C6H13N2O2.Cu/c7-4-2-1-3-5(8)6(9)10;/h5,8H,1-4,7H2,(H,9,10);/q-1;+2/p-1/t5-;/m0./s1. The van der Waals surface area contributed by atoms with E-state index in [0.29, 0.717) is 19.4 Å². The van der Waals surface area contributed by atoms with Gasteiger partial charge in [-0.2, -0.15) is 0 Å². The maximum absolute atomic E-state index is 9.96. The molecule has 0 amide bonds. The van der Waals surface area contributed by atoms with Crippen molar-refractivity contribution in [1.29, 1.82) is 0 Å². The first-order chi connectivity index (χ1) is 4.68. The maximum atomic E-state index is 9.96. The number of nitrogens with two attached hydrogens (primary N) is 1. The predicted molar refractivity (Wildman–Crippen MR) is 36.0 cm³/mol. The Hall–Kier alpha value is -0.0905. The van der Waals surface area contributed by atoms with Crippen LogP contribution in [0, 0.1) is 0 Å². The van der Waals surface area contributed by atoms with E-state index in [-0.39, 0.29) is 17.1 Å². The monoisotopic (exact) mass is 207 g/mol. The first-order valence-corrected chi connectivity index (χ1v) is 3.30. The molecule has 0 saturated heterocycles. The molecule has 0 heterocycles. The number of hydrogen-bond donors (Lipinski definition) is 1. The van der Waals surface area contributed by atoms with E-state index in [0.717, 1.165) is 6.42 Å². The molecule has 0 fully saturated rings. The van der Waals surface area contributed by atoms with Crippen molar-refractivity contribution in [2.45, 2.75) is 25.3 Å². The average Bonchev–Trinajstić information content (AvgIpc) is 1.88. The van der Waals surface area contributed by atoms with Crippen LogP contribution in [0.25, 0.3) is 5.73 Å². The molecule has 69 valence electrons. The molecule has 0 aromatic carbocycles. The number of unbranched alkanes of at least 4 members (excludes halogenated alkanes) is 1.